The van der Waals surface area contributed by atoms with Crippen molar-refractivity contribution in [2.45, 2.75) is 19.9 Å². The standard InChI is InChI=1S/C24H25FN4O/c1-18-2-4-19(5-3-18)14-26-24(30)17-28-12-10-20(11-13-28)21-15-27-29(16-21)23-8-6-22(25)7-9-23/h2-10,15-16H,11-14,17H2,1H3,(H,26,30). The third-order valence-corrected chi connectivity index (χ3v) is 5.32. The van der Waals surface area contributed by atoms with E-state index >= 15 is 0 Å². The fraction of sp³-hybridized carbons (Fsp3) is 0.250. The van der Waals surface area contributed by atoms with Gasteiger partial charge in [0, 0.05) is 31.4 Å². The molecule has 30 heavy (non-hydrogen) atoms. The van der Waals surface area contributed by atoms with Gasteiger partial charge in [-0.1, -0.05) is 35.9 Å². The van der Waals surface area contributed by atoms with Crippen LogP contribution in [-0.4, -0.2) is 40.2 Å². The zero-order valence-corrected chi connectivity index (χ0v) is 17.0. The second-order valence-corrected chi connectivity index (χ2v) is 7.63. The number of aromatic nitrogens is 2. The van der Waals surface area contributed by atoms with E-state index in [0.29, 0.717) is 13.1 Å². The molecule has 2 heterocycles. The minimum Gasteiger partial charge on any atom is -0.351 e. The lowest BCUT2D eigenvalue weighted by Gasteiger charge is -2.25. The predicted molar refractivity (Wildman–Crippen MR) is 116 cm³/mol. The number of rotatable bonds is 6. The smallest absolute Gasteiger partial charge is 0.234 e. The zero-order valence-electron chi connectivity index (χ0n) is 17.0. The van der Waals surface area contributed by atoms with Crippen molar-refractivity contribution in [3.63, 3.8) is 0 Å². The lowest BCUT2D eigenvalue weighted by atomic mass is 10.0. The number of carbonyl (C=O) groups is 1. The van der Waals surface area contributed by atoms with Crippen molar-refractivity contribution in [3.05, 3.63) is 89.5 Å². The van der Waals surface area contributed by atoms with E-state index in [9.17, 15) is 9.18 Å². The first-order valence-corrected chi connectivity index (χ1v) is 10.1. The monoisotopic (exact) mass is 404 g/mol. The SMILES string of the molecule is Cc1ccc(CNC(=O)CN2CC=C(c3cnn(-c4ccc(F)cc4)c3)CC2)cc1. The van der Waals surface area contributed by atoms with E-state index in [1.807, 2.05) is 31.5 Å². The van der Waals surface area contributed by atoms with Gasteiger partial charge >= 0.3 is 0 Å². The van der Waals surface area contributed by atoms with Gasteiger partial charge in [0.25, 0.3) is 0 Å². The van der Waals surface area contributed by atoms with Gasteiger partial charge in [0.05, 0.1) is 18.4 Å². The highest BCUT2D eigenvalue weighted by atomic mass is 19.1. The molecule has 154 valence electrons. The summed E-state index contributed by atoms with van der Waals surface area (Å²) < 4.78 is 14.9. The van der Waals surface area contributed by atoms with Crippen LogP contribution in [0.15, 0.2) is 67.0 Å². The van der Waals surface area contributed by atoms with Crippen molar-refractivity contribution in [2.75, 3.05) is 19.6 Å². The maximum atomic E-state index is 13.1. The Kier molecular flexibility index (Phi) is 6.05. The van der Waals surface area contributed by atoms with Crippen LogP contribution in [0.2, 0.25) is 0 Å². The molecule has 0 bridgehead atoms. The Labute approximate surface area is 175 Å². The zero-order chi connectivity index (χ0) is 20.9. The van der Waals surface area contributed by atoms with Crippen molar-refractivity contribution in [1.29, 1.82) is 0 Å². The summed E-state index contributed by atoms with van der Waals surface area (Å²) in [5.74, 6) is -0.222. The van der Waals surface area contributed by atoms with Crippen LogP contribution in [-0.2, 0) is 11.3 Å². The summed E-state index contributed by atoms with van der Waals surface area (Å²) in [6.07, 6.45) is 6.81. The first kappa shape index (κ1) is 20.0. The molecule has 0 fully saturated rings. The molecule has 2 aromatic carbocycles. The molecule has 6 heteroatoms. The number of carbonyl (C=O) groups excluding carboxylic acids is 1. The molecule has 1 aliphatic rings. The number of halogens is 1. The van der Waals surface area contributed by atoms with Crippen LogP contribution in [0.5, 0.6) is 0 Å². The first-order valence-electron chi connectivity index (χ1n) is 10.1. The average Bonchev–Trinajstić information content (AvgIpc) is 3.25. The molecule has 0 aliphatic carbocycles. The van der Waals surface area contributed by atoms with Crippen LogP contribution < -0.4 is 5.32 Å². The summed E-state index contributed by atoms with van der Waals surface area (Å²) in [7, 11) is 0. The fourth-order valence-corrected chi connectivity index (χ4v) is 3.51. The molecule has 4 rings (SSSR count). The summed E-state index contributed by atoms with van der Waals surface area (Å²) in [6.45, 7) is 4.55. The highest BCUT2D eigenvalue weighted by molar-refractivity contribution is 5.78. The Hall–Kier alpha value is -3.25. The van der Waals surface area contributed by atoms with Crippen molar-refractivity contribution in [2.24, 2.45) is 0 Å². The molecular formula is C24H25FN4O. The minimum absolute atomic E-state index is 0.0385. The Morgan fingerprint density at radius 3 is 2.60 bits per heavy atom. The topological polar surface area (TPSA) is 50.2 Å². The molecule has 0 atom stereocenters. The third-order valence-electron chi connectivity index (χ3n) is 5.32. The molecule has 0 unspecified atom stereocenters. The molecule has 0 spiro atoms. The molecule has 1 aliphatic heterocycles. The molecule has 1 N–H and O–H groups in total. The lowest BCUT2D eigenvalue weighted by Crippen LogP contribution is -2.39. The molecule has 0 saturated heterocycles. The van der Waals surface area contributed by atoms with Gasteiger partial charge < -0.3 is 5.32 Å². The maximum absolute atomic E-state index is 13.1. The number of benzene rings is 2. The van der Waals surface area contributed by atoms with E-state index in [-0.39, 0.29) is 11.7 Å². The highest BCUT2D eigenvalue weighted by Crippen LogP contribution is 2.23. The van der Waals surface area contributed by atoms with Crippen LogP contribution >= 0.6 is 0 Å². The second-order valence-electron chi connectivity index (χ2n) is 7.63. The quantitative estimate of drug-likeness (QED) is 0.681. The van der Waals surface area contributed by atoms with Gasteiger partial charge in [-0.2, -0.15) is 5.10 Å². The molecule has 5 nitrogen and oxygen atoms in total. The van der Waals surface area contributed by atoms with Gasteiger partial charge in [-0.15, -0.1) is 0 Å². The summed E-state index contributed by atoms with van der Waals surface area (Å²) in [5.41, 5.74) is 5.42. The van der Waals surface area contributed by atoms with Gasteiger partial charge in [0.15, 0.2) is 0 Å². The van der Waals surface area contributed by atoms with Crippen LogP contribution in [0.1, 0.15) is 23.1 Å². The Morgan fingerprint density at radius 2 is 1.90 bits per heavy atom. The van der Waals surface area contributed by atoms with Gasteiger partial charge in [-0.3, -0.25) is 9.69 Å². The largest absolute Gasteiger partial charge is 0.351 e. The molecular weight excluding hydrogens is 379 g/mol. The summed E-state index contributed by atoms with van der Waals surface area (Å²) in [5, 5.41) is 7.39. The summed E-state index contributed by atoms with van der Waals surface area (Å²) in [4.78, 5) is 14.4. The number of hydrogen-bond acceptors (Lipinski definition) is 3. The fourth-order valence-electron chi connectivity index (χ4n) is 3.51. The van der Waals surface area contributed by atoms with E-state index in [0.717, 1.165) is 36.3 Å². The Bertz CT molecular complexity index is 1040. The van der Waals surface area contributed by atoms with E-state index in [1.54, 1.807) is 16.8 Å². The minimum atomic E-state index is -0.260. The van der Waals surface area contributed by atoms with Gasteiger partial charge in [-0.05, 0) is 48.7 Å². The Balaban J connectivity index is 1.29. The second kappa shape index (κ2) is 9.05. The highest BCUT2D eigenvalue weighted by Gasteiger charge is 2.16. The number of nitrogens with zero attached hydrogens (tertiary/aromatic N) is 3. The number of hydrogen-bond donors (Lipinski definition) is 1. The lowest BCUT2D eigenvalue weighted by molar-refractivity contribution is -0.122. The summed E-state index contributed by atoms with van der Waals surface area (Å²) in [6, 6.07) is 14.5. The normalized spacial score (nSPS) is 14.4. The van der Waals surface area contributed by atoms with Crippen LogP contribution in [0.25, 0.3) is 11.3 Å². The molecule has 0 saturated carbocycles. The van der Waals surface area contributed by atoms with Crippen LogP contribution in [0, 0.1) is 12.7 Å². The molecule has 1 amide bonds. The van der Waals surface area contributed by atoms with E-state index in [4.69, 9.17) is 0 Å². The molecule has 0 radical (unpaired) electrons. The van der Waals surface area contributed by atoms with Crippen molar-refractivity contribution in [1.82, 2.24) is 20.0 Å². The van der Waals surface area contributed by atoms with Crippen molar-refractivity contribution < 1.29 is 9.18 Å². The van der Waals surface area contributed by atoms with Crippen LogP contribution in [0.3, 0.4) is 0 Å². The Morgan fingerprint density at radius 1 is 1.13 bits per heavy atom. The van der Waals surface area contributed by atoms with Crippen molar-refractivity contribution >= 4 is 11.5 Å². The third kappa shape index (κ3) is 5.02. The van der Waals surface area contributed by atoms with E-state index < -0.39 is 0 Å². The number of nitrogens with one attached hydrogen (secondary N) is 1. The first-order chi connectivity index (χ1) is 14.6. The number of aryl methyl sites for hydroxylation is 1. The molecule has 1 aromatic heterocycles. The van der Waals surface area contributed by atoms with E-state index in [2.05, 4.69) is 33.5 Å². The average molecular weight is 404 g/mol. The van der Waals surface area contributed by atoms with Crippen LogP contribution in [0.4, 0.5) is 4.39 Å². The van der Waals surface area contributed by atoms with Gasteiger partial charge in [0.1, 0.15) is 5.82 Å². The van der Waals surface area contributed by atoms with E-state index in [1.165, 1.54) is 23.3 Å². The maximum Gasteiger partial charge on any atom is 0.234 e. The van der Waals surface area contributed by atoms with Gasteiger partial charge in [0.2, 0.25) is 5.91 Å². The van der Waals surface area contributed by atoms with Gasteiger partial charge in [-0.25, -0.2) is 9.07 Å². The number of amides is 1. The summed E-state index contributed by atoms with van der Waals surface area (Å²) >= 11 is 0. The molecule has 3 aromatic rings. The predicted octanol–water partition coefficient (Wildman–Crippen LogP) is 3.73. The van der Waals surface area contributed by atoms with Crippen molar-refractivity contribution in [3.8, 4) is 5.69 Å².